The summed E-state index contributed by atoms with van der Waals surface area (Å²) in [6.07, 6.45) is 4.74. The van der Waals surface area contributed by atoms with Crippen LogP contribution in [-0.2, 0) is 0 Å². The van der Waals surface area contributed by atoms with Crippen LogP contribution in [0, 0.1) is 23.0 Å². The number of anilines is 1. The number of nitro groups is 1. The van der Waals surface area contributed by atoms with E-state index < -0.39 is 0 Å². The summed E-state index contributed by atoms with van der Waals surface area (Å²) in [7, 11) is 0. The molecular formula is C16H23N3O2. The molecule has 21 heavy (non-hydrogen) atoms. The maximum Gasteiger partial charge on any atom is 0.292 e. The van der Waals surface area contributed by atoms with Crippen molar-refractivity contribution in [2.75, 3.05) is 24.5 Å². The van der Waals surface area contributed by atoms with E-state index in [0.717, 1.165) is 43.7 Å². The molecule has 1 saturated carbocycles. The Hall–Kier alpha value is -1.62. The number of nitrogens with zero attached hydrogens (tertiary/aromatic N) is 2. The van der Waals surface area contributed by atoms with Crippen LogP contribution in [0.3, 0.4) is 0 Å². The lowest BCUT2D eigenvalue weighted by molar-refractivity contribution is -0.384. The van der Waals surface area contributed by atoms with Crippen LogP contribution in [0.4, 0.5) is 11.4 Å². The molecule has 1 atom stereocenters. The van der Waals surface area contributed by atoms with Crippen molar-refractivity contribution in [2.45, 2.75) is 38.6 Å². The molecule has 2 fully saturated rings. The van der Waals surface area contributed by atoms with Crippen LogP contribution in [-0.4, -0.2) is 30.6 Å². The number of nitro benzene ring substituents is 1. The average Bonchev–Trinajstić information content (AvgIpc) is 3.31. The van der Waals surface area contributed by atoms with E-state index in [-0.39, 0.29) is 10.6 Å². The van der Waals surface area contributed by atoms with Crippen molar-refractivity contribution >= 4 is 11.4 Å². The van der Waals surface area contributed by atoms with Gasteiger partial charge in [-0.05, 0) is 63.2 Å². The predicted molar refractivity (Wildman–Crippen MR) is 83.8 cm³/mol. The first-order valence-corrected chi connectivity index (χ1v) is 7.87. The number of aryl methyl sites for hydroxylation is 1. The quantitative estimate of drug-likeness (QED) is 0.669. The van der Waals surface area contributed by atoms with Gasteiger partial charge in [-0.1, -0.05) is 6.07 Å². The van der Waals surface area contributed by atoms with Crippen LogP contribution in [0.2, 0.25) is 0 Å². The first-order valence-electron chi connectivity index (χ1n) is 7.87. The van der Waals surface area contributed by atoms with E-state index in [9.17, 15) is 10.1 Å². The van der Waals surface area contributed by atoms with Gasteiger partial charge in [-0.15, -0.1) is 0 Å². The van der Waals surface area contributed by atoms with E-state index >= 15 is 0 Å². The molecule has 0 amide bonds. The first kappa shape index (κ1) is 14.3. The highest BCUT2D eigenvalue weighted by Gasteiger charge is 2.34. The van der Waals surface area contributed by atoms with E-state index in [1.807, 2.05) is 19.1 Å². The van der Waals surface area contributed by atoms with E-state index in [1.54, 1.807) is 6.07 Å². The molecule has 1 aromatic rings. The number of nitrogens with one attached hydrogen (secondary N) is 1. The van der Waals surface area contributed by atoms with Gasteiger partial charge in [0.25, 0.3) is 5.69 Å². The highest BCUT2D eigenvalue weighted by atomic mass is 16.6. The molecule has 1 saturated heterocycles. The average molecular weight is 289 g/mol. The fourth-order valence-electron chi connectivity index (χ4n) is 3.21. The summed E-state index contributed by atoms with van der Waals surface area (Å²) in [5, 5.41) is 14.8. The summed E-state index contributed by atoms with van der Waals surface area (Å²) in [6, 6.07) is 6.11. The summed E-state index contributed by atoms with van der Waals surface area (Å²) in [6.45, 7) is 4.97. The molecule has 0 radical (unpaired) electrons. The molecule has 1 unspecified atom stereocenters. The second-order valence-corrected chi connectivity index (χ2v) is 6.35. The SMILES string of the molecule is Cc1ccc(N(CC2CCCNC2)C2CC2)c([N+](=O)[O-])c1. The van der Waals surface area contributed by atoms with Gasteiger partial charge in [0.2, 0.25) is 0 Å². The minimum absolute atomic E-state index is 0.239. The normalized spacial score (nSPS) is 22.0. The molecule has 114 valence electrons. The zero-order valence-electron chi connectivity index (χ0n) is 12.5. The third-order valence-electron chi connectivity index (χ3n) is 4.48. The van der Waals surface area contributed by atoms with Gasteiger partial charge in [-0.25, -0.2) is 0 Å². The number of benzene rings is 1. The van der Waals surface area contributed by atoms with Crippen LogP contribution in [0.5, 0.6) is 0 Å². The van der Waals surface area contributed by atoms with Crippen LogP contribution in [0.1, 0.15) is 31.2 Å². The minimum atomic E-state index is -0.239. The maximum absolute atomic E-state index is 11.4. The van der Waals surface area contributed by atoms with Gasteiger partial charge in [0, 0.05) is 18.7 Å². The summed E-state index contributed by atoms with van der Waals surface area (Å²) >= 11 is 0. The third kappa shape index (κ3) is 3.35. The maximum atomic E-state index is 11.4. The predicted octanol–water partition coefficient (Wildman–Crippen LogP) is 2.87. The smallest absolute Gasteiger partial charge is 0.292 e. The van der Waals surface area contributed by atoms with Gasteiger partial charge in [0.15, 0.2) is 0 Å². The van der Waals surface area contributed by atoms with Crippen molar-refractivity contribution in [1.29, 1.82) is 0 Å². The molecule has 0 bridgehead atoms. The van der Waals surface area contributed by atoms with Crippen LogP contribution in [0.25, 0.3) is 0 Å². The van der Waals surface area contributed by atoms with Gasteiger partial charge < -0.3 is 10.2 Å². The lowest BCUT2D eigenvalue weighted by atomic mass is 9.98. The van der Waals surface area contributed by atoms with Crippen molar-refractivity contribution in [3.63, 3.8) is 0 Å². The number of hydrogen-bond donors (Lipinski definition) is 1. The molecule has 5 nitrogen and oxygen atoms in total. The Bertz CT molecular complexity index is 522. The molecule has 3 rings (SSSR count). The molecule has 1 heterocycles. The van der Waals surface area contributed by atoms with Gasteiger partial charge in [-0.3, -0.25) is 10.1 Å². The van der Waals surface area contributed by atoms with Gasteiger partial charge in [0.1, 0.15) is 5.69 Å². The summed E-state index contributed by atoms with van der Waals surface area (Å²) in [4.78, 5) is 13.4. The van der Waals surface area contributed by atoms with Gasteiger partial charge >= 0.3 is 0 Å². The van der Waals surface area contributed by atoms with E-state index in [4.69, 9.17) is 0 Å². The van der Waals surface area contributed by atoms with Crippen molar-refractivity contribution < 1.29 is 4.92 Å². The topological polar surface area (TPSA) is 58.4 Å². The first-order chi connectivity index (χ1) is 10.1. The summed E-state index contributed by atoms with van der Waals surface area (Å²) in [5.74, 6) is 0.597. The van der Waals surface area contributed by atoms with Crippen molar-refractivity contribution in [3.05, 3.63) is 33.9 Å². The molecule has 0 aromatic heterocycles. The molecule has 2 aliphatic rings. The van der Waals surface area contributed by atoms with E-state index in [2.05, 4.69) is 10.2 Å². The minimum Gasteiger partial charge on any atom is -0.363 e. The molecular weight excluding hydrogens is 266 g/mol. The zero-order chi connectivity index (χ0) is 14.8. The standard InChI is InChI=1S/C16H23N3O2/c1-12-4-7-15(16(9-12)19(20)21)18(14-5-6-14)11-13-3-2-8-17-10-13/h4,7,9,13-14,17H,2-3,5-6,8,10-11H2,1H3. The van der Waals surface area contributed by atoms with E-state index in [0.29, 0.717) is 12.0 Å². The summed E-state index contributed by atoms with van der Waals surface area (Å²) < 4.78 is 0. The lowest BCUT2D eigenvalue weighted by Gasteiger charge is -2.31. The highest BCUT2D eigenvalue weighted by Crippen LogP contribution is 2.38. The Labute approximate surface area is 125 Å². The number of hydrogen-bond acceptors (Lipinski definition) is 4. The van der Waals surface area contributed by atoms with Gasteiger partial charge in [-0.2, -0.15) is 0 Å². The highest BCUT2D eigenvalue weighted by molar-refractivity contribution is 5.65. The molecule has 1 aliphatic heterocycles. The fraction of sp³-hybridized carbons (Fsp3) is 0.625. The van der Waals surface area contributed by atoms with Crippen molar-refractivity contribution in [3.8, 4) is 0 Å². The molecule has 0 spiro atoms. The molecule has 1 aliphatic carbocycles. The second-order valence-electron chi connectivity index (χ2n) is 6.35. The Balaban J connectivity index is 1.85. The van der Waals surface area contributed by atoms with Crippen molar-refractivity contribution in [1.82, 2.24) is 5.32 Å². The Kier molecular flexibility index (Phi) is 4.10. The van der Waals surface area contributed by atoms with Crippen LogP contribution < -0.4 is 10.2 Å². The Morgan fingerprint density at radius 3 is 2.81 bits per heavy atom. The van der Waals surface area contributed by atoms with E-state index in [1.165, 1.54) is 12.8 Å². The Morgan fingerprint density at radius 1 is 1.38 bits per heavy atom. The lowest BCUT2D eigenvalue weighted by Crippen LogP contribution is -2.39. The largest absolute Gasteiger partial charge is 0.363 e. The van der Waals surface area contributed by atoms with Crippen molar-refractivity contribution in [2.24, 2.45) is 5.92 Å². The Morgan fingerprint density at radius 2 is 2.19 bits per heavy atom. The number of piperidine rings is 1. The van der Waals surface area contributed by atoms with Crippen LogP contribution in [0.15, 0.2) is 18.2 Å². The molecule has 5 heteroatoms. The fourth-order valence-corrected chi connectivity index (χ4v) is 3.21. The summed E-state index contributed by atoms with van der Waals surface area (Å²) in [5.41, 5.74) is 2.00. The second kappa shape index (κ2) is 6.02. The molecule has 1 N–H and O–H groups in total. The monoisotopic (exact) mass is 289 g/mol. The molecule has 1 aromatic carbocycles. The number of rotatable bonds is 5. The zero-order valence-corrected chi connectivity index (χ0v) is 12.5. The third-order valence-corrected chi connectivity index (χ3v) is 4.48. The van der Waals surface area contributed by atoms with Crippen LogP contribution >= 0.6 is 0 Å². The van der Waals surface area contributed by atoms with Gasteiger partial charge in [0.05, 0.1) is 4.92 Å².